The van der Waals surface area contributed by atoms with Crippen LogP contribution in [0.5, 0.6) is 0 Å². The summed E-state index contributed by atoms with van der Waals surface area (Å²) < 4.78 is 0. The van der Waals surface area contributed by atoms with Gasteiger partial charge in [0, 0.05) is 39.3 Å². The molecule has 5 heteroatoms. The van der Waals surface area contributed by atoms with Crippen LogP contribution in [0.2, 0.25) is 0 Å². The van der Waals surface area contributed by atoms with Crippen LogP contribution in [0.15, 0.2) is 18.3 Å². The zero-order valence-corrected chi connectivity index (χ0v) is 9.82. The number of hydrogen-bond acceptors (Lipinski definition) is 5. The molecule has 1 fully saturated rings. The Morgan fingerprint density at radius 1 is 1.41 bits per heavy atom. The first kappa shape index (κ1) is 11.8. The van der Waals surface area contributed by atoms with Gasteiger partial charge >= 0.3 is 0 Å². The molecule has 2 N–H and O–H groups in total. The van der Waals surface area contributed by atoms with Crippen molar-refractivity contribution in [3.8, 4) is 6.07 Å². The lowest BCUT2D eigenvalue weighted by atomic mass is 10.3. The van der Waals surface area contributed by atoms with Crippen LogP contribution >= 0.6 is 0 Å². The number of aromatic nitrogens is 1. The zero-order chi connectivity index (χ0) is 11.9. The van der Waals surface area contributed by atoms with Crippen molar-refractivity contribution in [1.29, 1.82) is 5.26 Å². The van der Waals surface area contributed by atoms with E-state index in [1.807, 2.05) is 12.1 Å². The van der Waals surface area contributed by atoms with E-state index in [0.29, 0.717) is 5.69 Å². The van der Waals surface area contributed by atoms with E-state index in [4.69, 9.17) is 5.26 Å². The second-order valence-electron chi connectivity index (χ2n) is 4.06. The molecule has 0 atom stereocenters. The molecule has 1 aromatic rings. The zero-order valence-electron chi connectivity index (χ0n) is 9.82. The topological polar surface area (TPSA) is 64.0 Å². The van der Waals surface area contributed by atoms with Crippen LogP contribution in [0, 0.1) is 11.3 Å². The fraction of sp³-hybridized carbons (Fsp3) is 0.500. The van der Waals surface area contributed by atoms with Crippen LogP contribution in [0.1, 0.15) is 5.69 Å². The number of nitrogens with one attached hydrogen (secondary N) is 2. The molecule has 1 aromatic heterocycles. The summed E-state index contributed by atoms with van der Waals surface area (Å²) >= 11 is 0. The Morgan fingerprint density at radius 2 is 2.24 bits per heavy atom. The van der Waals surface area contributed by atoms with E-state index in [1.165, 1.54) is 0 Å². The lowest BCUT2D eigenvalue weighted by molar-refractivity contribution is 0.249. The average molecular weight is 231 g/mol. The van der Waals surface area contributed by atoms with Crippen LogP contribution < -0.4 is 10.6 Å². The monoisotopic (exact) mass is 231 g/mol. The van der Waals surface area contributed by atoms with E-state index < -0.39 is 0 Å². The molecule has 1 aliphatic rings. The van der Waals surface area contributed by atoms with Crippen molar-refractivity contribution in [2.75, 3.05) is 44.6 Å². The summed E-state index contributed by atoms with van der Waals surface area (Å²) in [5.74, 6) is 0. The number of piperazine rings is 1. The fourth-order valence-corrected chi connectivity index (χ4v) is 1.86. The van der Waals surface area contributed by atoms with E-state index in [-0.39, 0.29) is 0 Å². The Kier molecular flexibility index (Phi) is 4.30. The number of nitriles is 1. The third-order valence-corrected chi connectivity index (χ3v) is 2.84. The molecule has 2 rings (SSSR count). The Hall–Kier alpha value is -1.64. The molecule has 17 heavy (non-hydrogen) atoms. The Bertz CT molecular complexity index is 375. The third-order valence-electron chi connectivity index (χ3n) is 2.84. The van der Waals surface area contributed by atoms with Gasteiger partial charge in [-0.1, -0.05) is 0 Å². The maximum absolute atomic E-state index is 8.63. The van der Waals surface area contributed by atoms with E-state index in [0.717, 1.165) is 45.0 Å². The number of anilines is 1. The molecule has 0 bridgehead atoms. The fourth-order valence-electron chi connectivity index (χ4n) is 1.86. The first-order valence-electron chi connectivity index (χ1n) is 5.91. The average Bonchev–Trinajstić information content (AvgIpc) is 2.41. The van der Waals surface area contributed by atoms with Crippen LogP contribution in [-0.4, -0.2) is 49.2 Å². The highest BCUT2D eigenvalue weighted by molar-refractivity contribution is 5.42. The summed E-state index contributed by atoms with van der Waals surface area (Å²) in [6.45, 7) is 6.35. The van der Waals surface area contributed by atoms with Crippen LogP contribution in [-0.2, 0) is 0 Å². The van der Waals surface area contributed by atoms with E-state index >= 15 is 0 Å². The Balaban J connectivity index is 1.72. The Labute approximate surface area is 101 Å². The highest BCUT2D eigenvalue weighted by atomic mass is 15.2. The molecule has 1 saturated heterocycles. The molecule has 2 heterocycles. The smallest absolute Gasteiger partial charge is 0.140 e. The van der Waals surface area contributed by atoms with Crippen molar-refractivity contribution in [2.45, 2.75) is 0 Å². The quantitative estimate of drug-likeness (QED) is 0.779. The maximum atomic E-state index is 8.63. The van der Waals surface area contributed by atoms with Gasteiger partial charge in [0.05, 0.1) is 11.9 Å². The van der Waals surface area contributed by atoms with Crippen molar-refractivity contribution < 1.29 is 0 Å². The van der Waals surface area contributed by atoms with Gasteiger partial charge in [0.2, 0.25) is 0 Å². The van der Waals surface area contributed by atoms with E-state index in [1.54, 1.807) is 12.3 Å². The standard InChI is InChI=1S/C12H17N5/c13-9-11-1-2-12(10-16-11)15-5-8-17-6-3-14-4-7-17/h1-2,10,14-15H,3-8H2. The van der Waals surface area contributed by atoms with Gasteiger partial charge in [-0.05, 0) is 12.1 Å². The number of pyridine rings is 1. The van der Waals surface area contributed by atoms with Gasteiger partial charge in [0.25, 0.3) is 0 Å². The molecule has 0 radical (unpaired) electrons. The molecular weight excluding hydrogens is 214 g/mol. The lowest BCUT2D eigenvalue weighted by Crippen LogP contribution is -2.45. The normalized spacial score (nSPS) is 16.4. The second kappa shape index (κ2) is 6.18. The van der Waals surface area contributed by atoms with Crippen molar-refractivity contribution in [1.82, 2.24) is 15.2 Å². The SMILES string of the molecule is N#Cc1ccc(NCCN2CCNCC2)cn1. The van der Waals surface area contributed by atoms with Gasteiger partial charge in [-0.25, -0.2) is 4.98 Å². The molecule has 90 valence electrons. The summed E-state index contributed by atoms with van der Waals surface area (Å²) in [5.41, 5.74) is 1.43. The maximum Gasteiger partial charge on any atom is 0.140 e. The van der Waals surface area contributed by atoms with Gasteiger partial charge in [-0.2, -0.15) is 5.26 Å². The van der Waals surface area contributed by atoms with E-state index in [2.05, 4.69) is 20.5 Å². The summed E-state index contributed by atoms with van der Waals surface area (Å²) in [5, 5.41) is 15.3. The molecule has 1 aliphatic heterocycles. The first-order valence-corrected chi connectivity index (χ1v) is 5.91. The molecule has 0 aromatic carbocycles. The van der Waals surface area contributed by atoms with Crippen molar-refractivity contribution in [2.24, 2.45) is 0 Å². The van der Waals surface area contributed by atoms with Crippen molar-refractivity contribution in [3.05, 3.63) is 24.0 Å². The molecular formula is C12H17N5. The van der Waals surface area contributed by atoms with Crippen LogP contribution in [0.3, 0.4) is 0 Å². The summed E-state index contributed by atoms with van der Waals surface area (Å²) in [7, 11) is 0. The molecule has 0 amide bonds. The summed E-state index contributed by atoms with van der Waals surface area (Å²) in [4.78, 5) is 6.45. The summed E-state index contributed by atoms with van der Waals surface area (Å²) in [6.07, 6.45) is 1.70. The molecule has 0 unspecified atom stereocenters. The van der Waals surface area contributed by atoms with Gasteiger partial charge < -0.3 is 10.6 Å². The minimum atomic E-state index is 0.456. The van der Waals surface area contributed by atoms with Gasteiger partial charge in [0.15, 0.2) is 0 Å². The predicted molar refractivity (Wildman–Crippen MR) is 66.8 cm³/mol. The number of rotatable bonds is 4. The highest BCUT2D eigenvalue weighted by Gasteiger charge is 2.08. The largest absolute Gasteiger partial charge is 0.383 e. The first-order chi connectivity index (χ1) is 8.38. The van der Waals surface area contributed by atoms with Crippen LogP contribution in [0.4, 0.5) is 5.69 Å². The Morgan fingerprint density at radius 3 is 2.88 bits per heavy atom. The van der Waals surface area contributed by atoms with Gasteiger partial charge in [-0.3, -0.25) is 4.90 Å². The summed E-state index contributed by atoms with van der Waals surface area (Å²) in [6, 6.07) is 5.63. The molecule has 0 aliphatic carbocycles. The number of hydrogen-bond donors (Lipinski definition) is 2. The molecule has 5 nitrogen and oxygen atoms in total. The van der Waals surface area contributed by atoms with Gasteiger partial charge in [-0.15, -0.1) is 0 Å². The minimum absolute atomic E-state index is 0.456. The minimum Gasteiger partial charge on any atom is -0.383 e. The predicted octanol–water partition coefficient (Wildman–Crippen LogP) is 0.270. The van der Waals surface area contributed by atoms with E-state index in [9.17, 15) is 0 Å². The molecule has 0 saturated carbocycles. The van der Waals surface area contributed by atoms with Crippen LogP contribution in [0.25, 0.3) is 0 Å². The second-order valence-corrected chi connectivity index (χ2v) is 4.06. The lowest BCUT2D eigenvalue weighted by Gasteiger charge is -2.27. The van der Waals surface area contributed by atoms with Crippen molar-refractivity contribution >= 4 is 5.69 Å². The third kappa shape index (κ3) is 3.70. The number of nitrogens with zero attached hydrogens (tertiary/aromatic N) is 3. The molecule has 0 spiro atoms. The highest BCUT2D eigenvalue weighted by Crippen LogP contribution is 2.05. The van der Waals surface area contributed by atoms with Gasteiger partial charge in [0.1, 0.15) is 11.8 Å². The van der Waals surface area contributed by atoms with Crippen molar-refractivity contribution in [3.63, 3.8) is 0 Å².